The third-order valence-electron chi connectivity index (χ3n) is 6.78. The lowest BCUT2D eigenvalue weighted by Crippen LogP contribution is -1.93. The summed E-state index contributed by atoms with van der Waals surface area (Å²) in [7, 11) is -1.24. The van der Waals surface area contributed by atoms with E-state index in [9.17, 15) is 4.21 Å². The molecule has 0 aliphatic carbocycles. The number of nitrogens with one attached hydrogen (secondary N) is 4. The highest BCUT2D eigenvalue weighted by Crippen LogP contribution is 2.33. The largest absolute Gasteiger partial charge is 0.346 e. The van der Waals surface area contributed by atoms with E-state index in [1.165, 1.54) is 4.90 Å². The van der Waals surface area contributed by atoms with Crippen LogP contribution in [0.2, 0.25) is 0 Å². The molecule has 0 radical (unpaired) electrons. The van der Waals surface area contributed by atoms with Crippen LogP contribution in [0.4, 0.5) is 0 Å². The molecule has 11 nitrogen and oxygen atoms in total. The monoisotopic (exact) mass is 634 g/mol. The lowest BCUT2D eigenvalue weighted by Gasteiger charge is -2.02. The molecular weight excluding hydrogens is 609 g/mol. The number of hydrogen-bond donors (Lipinski definition) is 6. The Labute approximate surface area is 263 Å². The predicted molar refractivity (Wildman–Crippen MR) is 174 cm³/mol. The molecule has 0 amide bonds. The summed E-state index contributed by atoms with van der Waals surface area (Å²) < 4.78 is 12.7. The molecule has 8 rings (SSSR count). The topological polar surface area (TPSA) is 172 Å². The lowest BCUT2D eigenvalue weighted by molar-refractivity contribution is -0.176. The molecule has 0 spiro atoms. The minimum Gasteiger partial charge on any atom is -0.346 e. The van der Waals surface area contributed by atoms with E-state index in [1.807, 2.05) is 91.8 Å². The second-order valence-corrected chi connectivity index (χ2v) is 12.1. The van der Waals surface area contributed by atoms with Crippen molar-refractivity contribution in [1.82, 2.24) is 40.3 Å². The standard InChI is InChI=1S/C16H12N4OS.C16H12N4S.H2O2/c21-22(12-4-2-1-3-5-12)13-6-14-15(11-7-19-20-8-11)10-18-16(14)17-9-13;1-2-4-12(5-3-1)21-13-6-14-15(11-7-19-20-8-11)10-18-16(14)17-9-13;1-2/h1-10H,(H,17,18)(H,19,20);1-10H,(H,17,18)(H,19,20);1-2H. The summed E-state index contributed by atoms with van der Waals surface area (Å²) in [6.07, 6.45) is 14.7. The Morgan fingerprint density at radius 1 is 0.600 bits per heavy atom. The summed E-state index contributed by atoms with van der Waals surface area (Å²) in [6, 6.07) is 23.8. The molecule has 13 heteroatoms. The van der Waals surface area contributed by atoms with Crippen LogP contribution in [0.1, 0.15) is 0 Å². The first kappa shape index (κ1) is 29.7. The number of nitrogens with zero attached hydrogens (tertiary/aromatic N) is 4. The number of rotatable bonds is 6. The van der Waals surface area contributed by atoms with Crippen LogP contribution in [0.3, 0.4) is 0 Å². The Morgan fingerprint density at radius 2 is 1.16 bits per heavy atom. The summed E-state index contributed by atoms with van der Waals surface area (Å²) in [4.78, 5) is 19.0. The van der Waals surface area contributed by atoms with Gasteiger partial charge in [0.25, 0.3) is 0 Å². The number of pyridine rings is 2. The third kappa shape index (κ3) is 6.61. The Morgan fingerprint density at radius 3 is 1.73 bits per heavy atom. The average molecular weight is 635 g/mol. The van der Waals surface area contributed by atoms with E-state index in [0.717, 1.165) is 54.1 Å². The van der Waals surface area contributed by atoms with Crippen LogP contribution in [0, 0.1) is 0 Å². The fourth-order valence-corrected chi connectivity index (χ4v) is 6.60. The summed E-state index contributed by atoms with van der Waals surface area (Å²) in [5, 5.41) is 27.7. The van der Waals surface area contributed by atoms with E-state index in [-0.39, 0.29) is 0 Å². The van der Waals surface area contributed by atoms with E-state index >= 15 is 0 Å². The molecule has 0 aliphatic rings. The fourth-order valence-electron chi connectivity index (χ4n) is 4.70. The minimum atomic E-state index is -1.24. The summed E-state index contributed by atoms with van der Waals surface area (Å²) in [5.74, 6) is 0. The molecule has 6 aromatic heterocycles. The fraction of sp³-hybridized carbons (Fsp3) is 0. The van der Waals surface area contributed by atoms with Gasteiger partial charge in [-0.1, -0.05) is 48.2 Å². The van der Waals surface area contributed by atoms with E-state index in [0.29, 0.717) is 4.90 Å². The summed E-state index contributed by atoms with van der Waals surface area (Å²) in [6.45, 7) is 0. The minimum absolute atomic E-state index is 0.683. The van der Waals surface area contributed by atoms with Crippen LogP contribution in [-0.4, -0.2) is 55.1 Å². The van der Waals surface area contributed by atoms with Crippen LogP contribution < -0.4 is 0 Å². The molecule has 0 aliphatic heterocycles. The Kier molecular flexibility index (Phi) is 9.22. The van der Waals surface area contributed by atoms with Crippen molar-refractivity contribution >= 4 is 44.6 Å². The highest BCUT2D eigenvalue weighted by Gasteiger charge is 2.13. The van der Waals surface area contributed by atoms with Crippen molar-refractivity contribution in [1.29, 1.82) is 0 Å². The van der Waals surface area contributed by atoms with Gasteiger partial charge < -0.3 is 9.97 Å². The van der Waals surface area contributed by atoms with Crippen molar-refractivity contribution in [2.24, 2.45) is 0 Å². The molecule has 0 saturated heterocycles. The molecule has 0 bridgehead atoms. The Balaban J connectivity index is 0.000000151. The van der Waals surface area contributed by atoms with E-state index in [1.54, 1.807) is 24.2 Å². The first-order valence-corrected chi connectivity index (χ1v) is 15.5. The van der Waals surface area contributed by atoms with E-state index < -0.39 is 10.8 Å². The van der Waals surface area contributed by atoms with Gasteiger partial charge in [-0.05, 0) is 36.4 Å². The predicted octanol–water partition coefficient (Wildman–Crippen LogP) is 7.24. The number of aromatic amines is 4. The van der Waals surface area contributed by atoms with Gasteiger partial charge in [-0.3, -0.25) is 20.7 Å². The van der Waals surface area contributed by atoms with Gasteiger partial charge in [0.2, 0.25) is 0 Å². The Bertz CT molecular complexity index is 2130. The molecule has 45 heavy (non-hydrogen) atoms. The van der Waals surface area contributed by atoms with Crippen molar-refractivity contribution in [3.8, 4) is 22.3 Å². The maximum atomic E-state index is 12.7. The lowest BCUT2D eigenvalue weighted by atomic mass is 10.1. The van der Waals surface area contributed by atoms with Crippen molar-refractivity contribution in [2.75, 3.05) is 0 Å². The molecule has 8 aromatic rings. The second-order valence-electron chi connectivity index (χ2n) is 9.51. The van der Waals surface area contributed by atoms with Gasteiger partial charge in [-0.15, -0.1) is 0 Å². The van der Waals surface area contributed by atoms with Crippen LogP contribution in [0.5, 0.6) is 0 Å². The Hall–Kier alpha value is -5.34. The zero-order chi connectivity index (χ0) is 31.0. The van der Waals surface area contributed by atoms with Gasteiger partial charge in [0.05, 0.1) is 28.1 Å². The maximum absolute atomic E-state index is 12.7. The molecule has 2 aromatic carbocycles. The third-order valence-corrected chi connectivity index (χ3v) is 9.10. The van der Waals surface area contributed by atoms with Gasteiger partial charge >= 0.3 is 0 Å². The number of H-pyrrole nitrogens is 4. The number of benzene rings is 2. The molecule has 1 unspecified atom stereocenters. The average Bonchev–Trinajstić information content (AvgIpc) is 3.93. The molecule has 6 heterocycles. The van der Waals surface area contributed by atoms with Crippen LogP contribution in [-0.2, 0) is 10.8 Å². The molecule has 0 saturated carbocycles. The number of fused-ring (bicyclic) bond motifs is 2. The SMILES string of the molecule is O=S(c1ccccc1)c1cnc2[nH]cc(-c3cn[nH]c3)c2c1.OO.c1ccc(Sc2cnc3[nH]cc(-c4cn[nH]c4)c3c2)cc1. The second kappa shape index (κ2) is 14.0. The molecular formula is C32H26N8O3S2. The first-order valence-electron chi connectivity index (χ1n) is 13.6. The highest BCUT2D eigenvalue weighted by molar-refractivity contribution is 7.99. The van der Waals surface area contributed by atoms with Crippen molar-refractivity contribution in [3.05, 3.63) is 122 Å². The first-order chi connectivity index (χ1) is 22.2. The van der Waals surface area contributed by atoms with Gasteiger partial charge in [0.1, 0.15) is 11.3 Å². The van der Waals surface area contributed by atoms with Gasteiger partial charge in [0, 0.05) is 84.9 Å². The number of hydrogen-bond acceptors (Lipinski definition) is 8. The highest BCUT2D eigenvalue weighted by atomic mass is 32.2. The van der Waals surface area contributed by atoms with Gasteiger partial charge in [0.15, 0.2) is 0 Å². The van der Waals surface area contributed by atoms with Crippen molar-refractivity contribution in [2.45, 2.75) is 19.6 Å². The summed E-state index contributed by atoms with van der Waals surface area (Å²) >= 11 is 1.71. The van der Waals surface area contributed by atoms with E-state index in [2.05, 4.69) is 58.5 Å². The molecule has 224 valence electrons. The number of aromatic nitrogens is 8. The van der Waals surface area contributed by atoms with Gasteiger partial charge in [-0.2, -0.15) is 10.2 Å². The normalized spacial score (nSPS) is 11.4. The smallest absolute Gasteiger partial charge is 0.137 e. The zero-order valence-electron chi connectivity index (χ0n) is 23.5. The maximum Gasteiger partial charge on any atom is 0.137 e. The molecule has 6 N–H and O–H groups in total. The molecule has 1 atom stereocenters. The van der Waals surface area contributed by atoms with Crippen LogP contribution in [0.25, 0.3) is 44.3 Å². The van der Waals surface area contributed by atoms with Crippen LogP contribution in [0.15, 0.2) is 142 Å². The summed E-state index contributed by atoms with van der Waals surface area (Å²) in [5.41, 5.74) is 5.79. The van der Waals surface area contributed by atoms with E-state index in [4.69, 9.17) is 10.5 Å². The molecule has 0 fully saturated rings. The zero-order valence-corrected chi connectivity index (χ0v) is 25.1. The quantitative estimate of drug-likeness (QED) is 0.0820. The van der Waals surface area contributed by atoms with Crippen LogP contribution >= 0.6 is 11.8 Å². The van der Waals surface area contributed by atoms with Crippen molar-refractivity contribution < 1.29 is 14.7 Å². The van der Waals surface area contributed by atoms with Gasteiger partial charge in [-0.25, -0.2) is 14.2 Å². The van der Waals surface area contributed by atoms with Crippen molar-refractivity contribution in [3.63, 3.8) is 0 Å².